The van der Waals surface area contributed by atoms with E-state index in [-0.39, 0.29) is 5.60 Å². The standard InChI is InChI=1S/C11H19NO2S/c1-5-11(3,14-6-2)10-12-9(7-13-4)8-15-10/h8H,5-7H2,1-4H3. The Balaban J connectivity index is 2.82. The minimum absolute atomic E-state index is 0.245. The maximum absolute atomic E-state index is 5.76. The fourth-order valence-corrected chi connectivity index (χ4v) is 2.39. The number of nitrogens with zero attached hydrogens (tertiary/aromatic N) is 1. The predicted molar refractivity (Wildman–Crippen MR) is 62.1 cm³/mol. The summed E-state index contributed by atoms with van der Waals surface area (Å²) in [5.74, 6) is 0. The number of rotatable bonds is 6. The SMILES string of the molecule is CCOC(C)(CC)c1nc(COC)cs1. The van der Waals surface area contributed by atoms with E-state index in [1.54, 1.807) is 18.4 Å². The van der Waals surface area contributed by atoms with E-state index in [1.807, 2.05) is 12.3 Å². The van der Waals surface area contributed by atoms with E-state index in [9.17, 15) is 0 Å². The number of ether oxygens (including phenoxy) is 2. The maximum Gasteiger partial charge on any atom is 0.125 e. The Kier molecular flexibility index (Phi) is 4.70. The molecule has 0 aliphatic rings. The van der Waals surface area contributed by atoms with E-state index in [2.05, 4.69) is 18.8 Å². The van der Waals surface area contributed by atoms with E-state index in [0.29, 0.717) is 13.2 Å². The summed E-state index contributed by atoms with van der Waals surface area (Å²) in [5.41, 5.74) is 0.739. The molecule has 4 heteroatoms. The number of thiazole rings is 1. The highest BCUT2D eigenvalue weighted by Gasteiger charge is 2.28. The quantitative estimate of drug-likeness (QED) is 0.751. The van der Waals surface area contributed by atoms with Crippen molar-refractivity contribution >= 4 is 11.3 Å². The summed E-state index contributed by atoms with van der Waals surface area (Å²) in [6, 6.07) is 0. The summed E-state index contributed by atoms with van der Waals surface area (Å²) in [7, 11) is 1.68. The monoisotopic (exact) mass is 229 g/mol. The fourth-order valence-electron chi connectivity index (χ4n) is 1.40. The van der Waals surface area contributed by atoms with E-state index in [1.165, 1.54) is 0 Å². The molecule has 1 aromatic rings. The van der Waals surface area contributed by atoms with Crippen molar-refractivity contribution < 1.29 is 9.47 Å². The average Bonchev–Trinajstić information content (AvgIpc) is 2.68. The predicted octanol–water partition coefficient (Wildman–Crippen LogP) is 2.95. The Morgan fingerprint density at radius 3 is 2.73 bits per heavy atom. The lowest BCUT2D eigenvalue weighted by Crippen LogP contribution is -2.24. The smallest absolute Gasteiger partial charge is 0.125 e. The van der Waals surface area contributed by atoms with E-state index < -0.39 is 0 Å². The second-order valence-corrected chi connectivity index (χ2v) is 4.45. The van der Waals surface area contributed by atoms with Gasteiger partial charge >= 0.3 is 0 Å². The molecule has 0 spiro atoms. The third kappa shape index (κ3) is 3.00. The number of methoxy groups -OCH3 is 1. The van der Waals surface area contributed by atoms with Crippen molar-refractivity contribution in [3.63, 3.8) is 0 Å². The molecule has 1 unspecified atom stereocenters. The maximum atomic E-state index is 5.76. The van der Waals surface area contributed by atoms with Crippen LogP contribution in [0.15, 0.2) is 5.38 Å². The van der Waals surface area contributed by atoms with Crippen LogP contribution in [0.3, 0.4) is 0 Å². The van der Waals surface area contributed by atoms with Gasteiger partial charge in [0.15, 0.2) is 0 Å². The normalized spacial score (nSPS) is 15.2. The van der Waals surface area contributed by atoms with Gasteiger partial charge in [0.25, 0.3) is 0 Å². The van der Waals surface area contributed by atoms with Gasteiger partial charge in [-0.2, -0.15) is 0 Å². The Bertz CT molecular complexity index is 301. The molecule has 1 atom stereocenters. The van der Waals surface area contributed by atoms with Crippen molar-refractivity contribution in [2.45, 2.75) is 39.4 Å². The molecule has 0 saturated carbocycles. The summed E-state index contributed by atoms with van der Waals surface area (Å²) >= 11 is 1.64. The molecule has 3 nitrogen and oxygen atoms in total. The summed E-state index contributed by atoms with van der Waals surface area (Å²) in [6.45, 7) is 7.50. The topological polar surface area (TPSA) is 31.4 Å². The molecule has 0 saturated heterocycles. The first kappa shape index (κ1) is 12.6. The molecular formula is C11H19NO2S. The molecule has 1 rings (SSSR count). The summed E-state index contributed by atoms with van der Waals surface area (Å²) in [5, 5.41) is 3.07. The van der Waals surface area contributed by atoms with Crippen LogP contribution in [0.5, 0.6) is 0 Å². The van der Waals surface area contributed by atoms with Gasteiger partial charge in [-0.1, -0.05) is 6.92 Å². The lowest BCUT2D eigenvalue weighted by Gasteiger charge is -2.25. The van der Waals surface area contributed by atoms with Crippen LogP contribution < -0.4 is 0 Å². The van der Waals surface area contributed by atoms with Gasteiger partial charge in [0, 0.05) is 19.1 Å². The fraction of sp³-hybridized carbons (Fsp3) is 0.727. The Morgan fingerprint density at radius 2 is 2.20 bits per heavy atom. The molecule has 0 aliphatic carbocycles. The Morgan fingerprint density at radius 1 is 1.47 bits per heavy atom. The van der Waals surface area contributed by atoms with Crippen LogP contribution in [0.2, 0.25) is 0 Å². The van der Waals surface area contributed by atoms with Crippen LogP contribution in [0.1, 0.15) is 37.9 Å². The zero-order valence-electron chi connectivity index (χ0n) is 9.87. The first-order chi connectivity index (χ1) is 7.16. The van der Waals surface area contributed by atoms with Gasteiger partial charge in [0.05, 0.1) is 12.3 Å². The lowest BCUT2D eigenvalue weighted by molar-refractivity contribution is -0.0326. The van der Waals surface area contributed by atoms with Gasteiger partial charge in [-0.15, -0.1) is 11.3 Å². The summed E-state index contributed by atoms with van der Waals surface area (Å²) < 4.78 is 10.8. The van der Waals surface area contributed by atoms with Crippen LogP contribution >= 0.6 is 11.3 Å². The van der Waals surface area contributed by atoms with Crippen molar-refractivity contribution in [3.05, 3.63) is 16.1 Å². The highest BCUT2D eigenvalue weighted by Crippen LogP contribution is 2.31. The van der Waals surface area contributed by atoms with Crippen molar-refractivity contribution in [1.29, 1.82) is 0 Å². The number of hydrogen-bond acceptors (Lipinski definition) is 4. The number of hydrogen-bond donors (Lipinski definition) is 0. The van der Waals surface area contributed by atoms with Gasteiger partial charge in [-0.3, -0.25) is 0 Å². The average molecular weight is 229 g/mol. The van der Waals surface area contributed by atoms with Crippen molar-refractivity contribution in [1.82, 2.24) is 4.98 Å². The van der Waals surface area contributed by atoms with Crippen molar-refractivity contribution in [2.75, 3.05) is 13.7 Å². The molecule has 1 aromatic heterocycles. The molecule has 0 bridgehead atoms. The summed E-state index contributed by atoms with van der Waals surface area (Å²) in [4.78, 5) is 4.53. The van der Waals surface area contributed by atoms with Crippen LogP contribution in [0.4, 0.5) is 0 Å². The van der Waals surface area contributed by atoms with Gasteiger partial charge in [-0.05, 0) is 20.3 Å². The molecule has 15 heavy (non-hydrogen) atoms. The third-order valence-electron chi connectivity index (χ3n) is 2.43. The zero-order valence-corrected chi connectivity index (χ0v) is 10.7. The largest absolute Gasteiger partial charge is 0.378 e. The Labute approximate surface area is 95.4 Å². The van der Waals surface area contributed by atoms with Gasteiger partial charge in [0.1, 0.15) is 10.6 Å². The first-order valence-corrected chi connectivity index (χ1v) is 6.12. The molecular weight excluding hydrogens is 210 g/mol. The zero-order chi connectivity index (χ0) is 11.3. The minimum atomic E-state index is -0.245. The van der Waals surface area contributed by atoms with Crippen LogP contribution in [-0.2, 0) is 21.7 Å². The molecule has 1 heterocycles. The van der Waals surface area contributed by atoms with Crippen molar-refractivity contribution in [3.8, 4) is 0 Å². The van der Waals surface area contributed by atoms with Crippen LogP contribution in [0, 0.1) is 0 Å². The molecule has 0 aromatic carbocycles. The van der Waals surface area contributed by atoms with Crippen LogP contribution in [-0.4, -0.2) is 18.7 Å². The first-order valence-electron chi connectivity index (χ1n) is 5.24. The molecule has 86 valence electrons. The highest BCUT2D eigenvalue weighted by atomic mass is 32.1. The lowest BCUT2D eigenvalue weighted by atomic mass is 10.0. The van der Waals surface area contributed by atoms with E-state index >= 15 is 0 Å². The summed E-state index contributed by atoms with van der Waals surface area (Å²) in [6.07, 6.45) is 0.931. The van der Waals surface area contributed by atoms with Crippen molar-refractivity contribution in [2.24, 2.45) is 0 Å². The molecule has 0 radical (unpaired) electrons. The van der Waals surface area contributed by atoms with E-state index in [4.69, 9.17) is 9.47 Å². The highest BCUT2D eigenvalue weighted by molar-refractivity contribution is 7.09. The number of aromatic nitrogens is 1. The molecule has 0 aliphatic heterocycles. The molecule has 0 N–H and O–H groups in total. The van der Waals surface area contributed by atoms with E-state index in [0.717, 1.165) is 17.1 Å². The second kappa shape index (κ2) is 5.58. The molecule has 0 fully saturated rings. The third-order valence-corrected chi connectivity index (χ3v) is 3.57. The van der Waals surface area contributed by atoms with Crippen LogP contribution in [0.25, 0.3) is 0 Å². The van der Waals surface area contributed by atoms with Gasteiger partial charge in [-0.25, -0.2) is 4.98 Å². The Hall–Kier alpha value is -0.450. The van der Waals surface area contributed by atoms with Gasteiger partial charge in [0.2, 0.25) is 0 Å². The van der Waals surface area contributed by atoms with Gasteiger partial charge < -0.3 is 9.47 Å². The second-order valence-electron chi connectivity index (χ2n) is 3.59. The minimum Gasteiger partial charge on any atom is -0.378 e. The molecule has 0 amide bonds.